The number of carbonyl (C=O) groups is 1. The van der Waals surface area contributed by atoms with E-state index in [1.807, 2.05) is 36.4 Å². The van der Waals surface area contributed by atoms with Crippen LogP contribution in [0.3, 0.4) is 0 Å². The molecule has 5 nitrogen and oxygen atoms in total. The molecule has 0 aliphatic carbocycles. The number of halogens is 1. The molecule has 2 heterocycles. The van der Waals surface area contributed by atoms with Gasteiger partial charge in [-0.3, -0.25) is 0 Å². The molecule has 138 valence electrons. The van der Waals surface area contributed by atoms with Gasteiger partial charge in [-0.2, -0.15) is 0 Å². The Balaban J connectivity index is 1.74. The van der Waals surface area contributed by atoms with Crippen LogP contribution >= 0.6 is 22.9 Å². The zero-order valence-corrected chi connectivity index (χ0v) is 15.9. The summed E-state index contributed by atoms with van der Waals surface area (Å²) >= 11 is 7.86. The number of aliphatic carboxylic acids is 1. The molecule has 1 aromatic heterocycles. The summed E-state index contributed by atoms with van der Waals surface area (Å²) < 4.78 is 5.50. The van der Waals surface area contributed by atoms with Gasteiger partial charge in [0.1, 0.15) is 10.8 Å². The van der Waals surface area contributed by atoms with E-state index in [0.717, 1.165) is 39.7 Å². The van der Waals surface area contributed by atoms with Gasteiger partial charge >= 0.3 is 5.97 Å². The first-order valence-corrected chi connectivity index (χ1v) is 9.73. The summed E-state index contributed by atoms with van der Waals surface area (Å²) in [6.45, 7) is 0.382. The maximum absolute atomic E-state index is 10.9. The Morgan fingerprint density at radius 3 is 2.89 bits per heavy atom. The summed E-state index contributed by atoms with van der Waals surface area (Å²) in [6, 6.07) is 15.2. The van der Waals surface area contributed by atoms with Gasteiger partial charge in [-0.25, -0.2) is 9.78 Å². The number of thiazole rings is 1. The number of rotatable bonds is 5. The fourth-order valence-electron chi connectivity index (χ4n) is 3.17. The molecule has 0 bridgehead atoms. The van der Waals surface area contributed by atoms with Crippen LogP contribution in [0.2, 0.25) is 5.02 Å². The van der Waals surface area contributed by atoms with E-state index in [2.05, 4.69) is 5.32 Å². The zero-order chi connectivity index (χ0) is 18.8. The second-order valence-electron chi connectivity index (χ2n) is 6.20. The molecule has 0 radical (unpaired) electrons. The molecule has 3 aromatic rings. The van der Waals surface area contributed by atoms with Gasteiger partial charge < -0.3 is 15.2 Å². The number of hydrogen-bond donors (Lipinski definition) is 2. The monoisotopic (exact) mass is 400 g/mol. The molecule has 0 amide bonds. The van der Waals surface area contributed by atoms with Crippen molar-refractivity contribution in [2.75, 3.05) is 13.2 Å². The van der Waals surface area contributed by atoms with Crippen LogP contribution in [0, 0.1) is 0 Å². The average Bonchev–Trinajstić information content (AvgIpc) is 3.12. The topological polar surface area (TPSA) is 71.5 Å². The summed E-state index contributed by atoms with van der Waals surface area (Å²) in [5.74, 6) is -0.501. The fraction of sp³-hybridized carbons (Fsp3) is 0.200. The number of benzene rings is 2. The molecule has 0 saturated carbocycles. The van der Waals surface area contributed by atoms with Crippen LogP contribution < -0.4 is 10.1 Å². The van der Waals surface area contributed by atoms with Crippen molar-refractivity contribution in [3.63, 3.8) is 0 Å². The van der Waals surface area contributed by atoms with E-state index in [-0.39, 0.29) is 6.04 Å². The summed E-state index contributed by atoms with van der Waals surface area (Å²) in [4.78, 5) is 16.9. The Labute approximate surface area is 165 Å². The van der Waals surface area contributed by atoms with Gasteiger partial charge in [-0.15, -0.1) is 11.3 Å². The summed E-state index contributed by atoms with van der Waals surface area (Å²) in [6.07, 6.45) is 0.848. The quantitative estimate of drug-likeness (QED) is 0.672. The van der Waals surface area contributed by atoms with Crippen LogP contribution in [0.4, 0.5) is 0 Å². The van der Waals surface area contributed by atoms with Gasteiger partial charge in [-0.1, -0.05) is 41.9 Å². The van der Waals surface area contributed by atoms with E-state index in [1.54, 1.807) is 23.5 Å². The lowest BCUT2D eigenvalue weighted by Gasteiger charge is -2.25. The van der Waals surface area contributed by atoms with Crippen molar-refractivity contribution in [2.24, 2.45) is 0 Å². The third kappa shape index (κ3) is 3.83. The Morgan fingerprint density at radius 2 is 2.11 bits per heavy atom. The Hall–Kier alpha value is -2.41. The largest absolute Gasteiger partial charge is 0.482 e. The lowest BCUT2D eigenvalue weighted by molar-refractivity contribution is -0.139. The molecular formula is C20H17ClN2O3S. The molecule has 0 fully saturated rings. The maximum Gasteiger partial charge on any atom is 0.341 e. The van der Waals surface area contributed by atoms with Crippen molar-refractivity contribution in [2.45, 2.75) is 12.5 Å². The maximum atomic E-state index is 10.9. The zero-order valence-electron chi connectivity index (χ0n) is 14.3. The summed E-state index contributed by atoms with van der Waals surface area (Å²) in [5.41, 5.74) is 2.98. The third-order valence-corrected chi connectivity index (χ3v) is 5.80. The summed E-state index contributed by atoms with van der Waals surface area (Å²) in [7, 11) is 0. The number of nitrogens with one attached hydrogen (secondary N) is 1. The van der Waals surface area contributed by atoms with Crippen LogP contribution in [0.25, 0.3) is 10.6 Å². The predicted molar refractivity (Wildman–Crippen MR) is 106 cm³/mol. The molecule has 0 spiro atoms. The Morgan fingerprint density at radius 1 is 1.30 bits per heavy atom. The first-order valence-electron chi connectivity index (χ1n) is 8.54. The average molecular weight is 401 g/mol. The molecule has 1 unspecified atom stereocenters. The van der Waals surface area contributed by atoms with Crippen LogP contribution in [0.15, 0.2) is 48.5 Å². The standard InChI is InChI=1S/C20H17ClN2O3S/c21-13-6-7-16(26-11-17(24)25)14(10-13)18-19-15(8-9-22-18)23-20(27-19)12-4-2-1-3-5-12/h1-7,10,18,22H,8-9,11H2,(H,24,25). The second-order valence-corrected chi connectivity index (χ2v) is 7.66. The number of hydrogen-bond acceptors (Lipinski definition) is 5. The number of fused-ring (bicyclic) bond motifs is 1. The predicted octanol–water partition coefficient (Wildman–Crippen LogP) is 4.16. The van der Waals surface area contributed by atoms with E-state index < -0.39 is 12.6 Å². The van der Waals surface area contributed by atoms with E-state index in [0.29, 0.717) is 10.8 Å². The molecule has 0 saturated heterocycles. The van der Waals surface area contributed by atoms with Gasteiger partial charge in [-0.05, 0) is 18.2 Å². The molecular weight excluding hydrogens is 384 g/mol. The third-order valence-electron chi connectivity index (χ3n) is 4.35. The number of ether oxygens (including phenoxy) is 1. The van der Waals surface area contributed by atoms with E-state index in [1.165, 1.54) is 0 Å². The fourth-order valence-corrected chi connectivity index (χ4v) is 4.56. The smallest absolute Gasteiger partial charge is 0.341 e. The number of nitrogens with zero attached hydrogens (tertiary/aromatic N) is 1. The van der Waals surface area contributed by atoms with Gasteiger partial charge in [0, 0.05) is 34.0 Å². The molecule has 4 rings (SSSR count). The molecule has 1 aliphatic heterocycles. The van der Waals surface area contributed by atoms with Crippen molar-refractivity contribution < 1.29 is 14.6 Å². The van der Waals surface area contributed by atoms with Crippen molar-refractivity contribution in [1.82, 2.24) is 10.3 Å². The normalized spacial score (nSPS) is 16.0. The number of carboxylic acids is 1. The molecule has 1 atom stereocenters. The molecule has 2 N–H and O–H groups in total. The highest BCUT2D eigenvalue weighted by Crippen LogP contribution is 2.40. The minimum atomic E-state index is -1.02. The van der Waals surface area contributed by atoms with Crippen molar-refractivity contribution in [3.8, 4) is 16.3 Å². The van der Waals surface area contributed by atoms with Gasteiger partial charge in [0.2, 0.25) is 0 Å². The molecule has 27 heavy (non-hydrogen) atoms. The van der Waals surface area contributed by atoms with Gasteiger partial charge in [0.05, 0.1) is 11.7 Å². The van der Waals surface area contributed by atoms with Crippen LogP contribution in [-0.4, -0.2) is 29.2 Å². The number of carboxylic acid groups (broad SMARTS) is 1. The number of aromatic nitrogens is 1. The van der Waals surface area contributed by atoms with Crippen molar-refractivity contribution >= 4 is 28.9 Å². The Kier molecular flexibility index (Phi) is 5.11. The van der Waals surface area contributed by atoms with Crippen LogP contribution in [0.1, 0.15) is 22.2 Å². The summed E-state index contributed by atoms with van der Waals surface area (Å²) in [5, 5.41) is 14.0. The van der Waals surface area contributed by atoms with E-state index in [4.69, 9.17) is 26.4 Å². The SMILES string of the molecule is O=C(O)COc1ccc(Cl)cc1C1NCCc2nc(-c3ccccc3)sc21. The van der Waals surface area contributed by atoms with Crippen molar-refractivity contribution in [3.05, 3.63) is 69.7 Å². The van der Waals surface area contributed by atoms with E-state index in [9.17, 15) is 4.79 Å². The highest BCUT2D eigenvalue weighted by molar-refractivity contribution is 7.15. The highest BCUT2D eigenvalue weighted by atomic mass is 35.5. The van der Waals surface area contributed by atoms with Crippen LogP contribution in [-0.2, 0) is 11.2 Å². The minimum Gasteiger partial charge on any atom is -0.482 e. The molecule has 2 aromatic carbocycles. The minimum absolute atomic E-state index is 0.133. The Bertz CT molecular complexity index is 975. The molecule has 1 aliphatic rings. The van der Waals surface area contributed by atoms with Crippen molar-refractivity contribution in [1.29, 1.82) is 0 Å². The first kappa shape index (κ1) is 18.0. The first-order chi connectivity index (χ1) is 13.1. The second kappa shape index (κ2) is 7.68. The lowest BCUT2D eigenvalue weighted by atomic mass is 9.99. The van der Waals surface area contributed by atoms with E-state index >= 15 is 0 Å². The highest BCUT2D eigenvalue weighted by Gasteiger charge is 2.28. The van der Waals surface area contributed by atoms with Crippen LogP contribution in [0.5, 0.6) is 5.75 Å². The van der Waals surface area contributed by atoms with Gasteiger partial charge in [0.15, 0.2) is 6.61 Å². The van der Waals surface area contributed by atoms with Gasteiger partial charge in [0.25, 0.3) is 0 Å². The lowest BCUT2D eigenvalue weighted by Crippen LogP contribution is -2.30. The molecule has 7 heteroatoms.